The van der Waals surface area contributed by atoms with Gasteiger partial charge in [-0.15, -0.1) is 0 Å². The second kappa shape index (κ2) is 4.51. The Morgan fingerprint density at radius 3 is 3.06 bits per heavy atom. The van der Waals surface area contributed by atoms with Crippen LogP contribution in [0.1, 0.15) is 30.1 Å². The summed E-state index contributed by atoms with van der Waals surface area (Å²) in [5, 5.41) is 6.01. The lowest BCUT2D eigenvalue weighted by Crippen LogP contribution is -2.27. The van der Waals surface area contributed by atoms with E-state index < -0.39 is 0 Å². The molecule has 1 fully saturated rings. The maximum Gasteiger partial charge on any atom is 0.253 e. The first kappa shape index (κ1) is 10.9. The van der Waals surface area contributed by atoms with Crippen LogP contribution >= 0.6 is 0 Å². The van der Waals surface area contributed by atoms with E-state index in [-0.39, 0.29) is 5.91 Å². The number of aromatic nitrogens is 1. The number of nitrogens with one attached hydrogen (secondary N) is 2. The Labute approximate surface area is 95.5 Å². The molecule has 0 radical (unpaired) electrons. The van der Waals surface area contributed by atoms with Crippen molar-refractivity contribution in [3.63, 3.8) is 0 Å². The molecule has 2 unspecified atom stereocenters. The molecule has 4 heteroatoms. The van der Waals surface area contributed by atoms with Crippen molar-refractivity contribution in [2.24, 2.45) is 5.92 Å². The van der Waals surface area contributed by atoms with Gasteiger partial charge in [0.15, 0.2) is 0 Å². The average Bonchev–Trinajstić information content (AvgIpc) is 3.07. The molecular weight excluding hydrogens is 202 g/mol. The molecule has 1 aromatic heterocycles. The maximum atomic E-state index is 12.0. The standard InChI is InChI=1S/C12H17N3O/c1-3-8-6-10(8)15-12(16)9-4-5-14-7-11(9)13-2/h4-5,7-8,10,13H,3,6H2,1-2H3,(H,15,16). The molecule has 2 atom stereocenters. The minimum absolute atomic E-state index is 0.00676. The third kappa shape index (κ3) is 2.15. The number of pyridine rings is 1. The van der Waals surface area contributed by atoms with Crippen LogP contribution < -0.4 is 10.6 Å². The zero-order chi connectivity index (χ0) is 11.5. The Morgan fingerprint density at radius 2 is 2.44 bits per heavy atom. The van der Waals surface area contributed by atoms with Crippen LogP contribution in [-0.4, -0.2) is 24.0 Å². The number of amides is 1. The van der Waals surface area contributed by atoms with Gasteiger partial charge in [0.1, 0.15) is 0 Å². The SMILES string of the molecule is CCC1CC1NC(=O)c1ccncc1NC. The Kier molecular flexibility index (Phi) is 3.08. The van der Waals surface area contributed by atoms with Crippen LogP contribution in [0.3, 0.4) is 0 Å². The summed E-state index contributed by atoms with van der Waals surface area (Å²) < 4.78 is 0. The smallest absolute Gasteiger partial charge is 0.253 e. The van der Waals surface area contributed by atoms with Crippen molar-refractivity contribution >= 4 is 11.6 Å². The largest absolute Gasteiger partial charge is 0.386 e. The molecule has 1 saturated carbocycles. The highest BCUT2D eigenvalue weighted by Crippen LogP contribution is 2.33. The number of hydrogen-bond donors (Lipinski definition) is 2. The summed E-state index contributed by atoms with van der Waals surface area (Å²) in [5.41, 5.74) is 1.44. The van der Waals surface area contributed by atoms with E-state index >= 15 is 0 Å². The number of carbonyl (C=O) groups is 1. The van der Waals surface area contributed by atoms with Crippen molar-refractivity contribution in [2.75, 3.05) is 12.4 Å². The van der Waals surface area contributed by atoms with Gasteiger partial charge in [0.05, 0.1) is 17.4 Å². The molecule has 1 heterocycles. The normalized spacial score (nSPS) is 22.6. The van der Waals surface area contributed by atoms with Gasteiger partial charge in [0.25, 0.3) is 5.91 Å². The van der Waals surface area contributed by atoms with Gasteiger partial charge in [-0.25, -0.2) is 0 Å². The van der Waals surface area contributed by atoms with Crippen molar-refractivity contribution in [3.05, 3.63) is 24.0 Å². The summed E-state index contributed by atoms with van der Waals surface area (Å²) in [4.78, 5) is 15.9. The molecule has 1 amide bonds. The third-order valence-corrected chi connectivity index (χ3v) is 3.10. The summed E-state index contributed by atoms with van der Waals surface area (Å²) >= 11 is 0. The molecular formula is C12H17N3O. The molecule has 2 N–H and O–H groups in total. The zero-order valence-corrected chi connectivity index (χ0v) is 9.66. The van der Waals surface area contributed by atoms with Crippen LogP contribution in [0.25, 0.3) is 0 Å². The number of carbonyl (C=O) groups excluding carboxylic acids is 1. The summed E-state index contributed by atoms with van der Waals surface area (Å²) in [6.45, 7) is 2.16. The molecule has 1 aliphatic rings. The van der Waals surface area contributed by atoms with E-state index in [2.05, 4.69) is 22.5 Å². The van der Waals surface area contributed by atoms with Gasteiger partial charge in [-0.2, -0.15) is 0 Å². The van der Waals surface area contributed by atoms with Crippen molar-refractivity contribution in [1.82, 2.24) is 10.3 Å². The lowest BCUT2D eigenvalue weighted by Gasteiger charge is -2.08. The highest BCUT2D eigenvalue weighted by molar-refractivity contribution is 5.99. The Morgan fingerprint density at radius 1 is 1.62 bits per heavy atom. The van der Waals surface area contributed by atoms with Crippen LogP contribution in [0, 0.1) is 5.92 Å². The topological polar surface area (TPSA) is 54.0 Å². The van der Waals surface area contributed by atoms with E-state index in [1.54, 1.807) is 25.5 Å². The summed E-state index contributed by atoms with van der Waals surface area (Å²) in [6, 6.07) is 2.11. The van der Waals surface area contributed by atoms with Gasteiger partial charge in [-0.05, 0) is 18.4 Å². The van der Waals surface area contributed by atoms with E-state index in [0.717, 1.165) is 18.5 Å². The molecule has 1 aliphatic carbocycles. The fourth-order valence-corrected chi connectivity index (χ4v) is 1.91. The number of nitrogens with zero attached hydrogens (tertiary/aromatic N) is 1. The van der Waals surface area contributed by atoms with Gasteiger partial charge >= 0.3 is 0 Å². The van der Waals surface area contributed by atoms with Gasteiger partial charge < -0.3 is 10.6 Å². The first-order chi connectivity index (χ1) is 7.76. The minimum atomic E-state index is -0.00676. The number of rotatable bonds is 4. The van der Waals surface area contributed by atoms with Crippen LogP contribution in [0.2, 0.25) is 0 Å². The molecule has 1 aromatic rings. The third-order valence-electron chi connectivity index (χ3n) is 3.10. The zero-order valence-electron chi connectivity index (χ0n) is 9.66. The van der Waals surface area contributed by atoms with Crippen LogP contribution in [0.5, 0.6) is 0 Å². The molecule has 0 aromatic carbocycles. The highest BCUT2D eigenvalue weighted by atomic mass is 16.1. The molecule has 4 nitrogen and oxygen atoms in total. The average molecular weight is 219 g/mol. The molecule has 0 bridgehead atoms. The van der Waals surface area contributed by atoms with E-state index in [1.165, 1.54) is 0 Å². The van der Waals surface area contributed by atoms with Gasteiger partial charge in [0, 0.05) is 19.3 Å². The van der Waals surface area contributed by atoms with Crippen LogP contribution in [0.4, 0.5) is 5.69 Å². The first-order valence-electron chi connectivity index (χ1n) is 5.69. The molecule has 0 spiro atoms. The van der Waals surface area contributed by atoms with Crippen molar-refractivity contribution in [1.29, 1.82) is 0 Å². The van der Waals surface area contributed by atoms with E-state index in [1.807, 2.05) is 0 Å². The van der Waals surface area contributed by atoms with E-state index in [0.29, 0.717) is 17.5 Å². The second-order valence-electron chi connectivity index (χ2n) is 4.16. The fraction of sp³-hybridized carbons (Fsp3) is 0.500. The van der Waals surface area contributed by atoms with Crippen molar-refractivity contribution in [2.45, 2.75) is 25.8 Å². The van der Waals surface area contributed by atoms with Gasteiger partial charge in [0.2, 0.25) is 0 Å². The minimum Gasteiger partial charge on any atom is -0.386 e. The van der Waals surface area contributed by atoms with Gasteiger partial charge in [-0.1, -0.05) is 13.3 Å². The highest BCUT2D eigenvalue weighted by Gasteiger charge is 2.36. The molecule has 0 saturated heterocycles. The maximum absolute atomic E-state index is 12.0. The molecule has 86 valence electrons. The quantitative estimate of drug-likeness (QED) is 0.809. The predicted molar refractivity (Wildman–Crippen MR) is 63.4 cm³/mol. The number of hydrogen-bond acceptors (Lipinski definition) is 3. The Balaban J connectivity index is 2.03. The van der Waals surface area contributed by atoms with Crippen LogP contribution in [-0.2, 0) is 0 Å². The Bertz CT molecular complexity index is 392. The second-order valence-corrected chi connectivity index (χ2v) is 4.16. The van der Waals surface area contributed by atoms with Gasteiger partial charge in [-0.3, -0.25) is 9.78 Å². The monoisotopic (exact) mass is 219 g/mol. The predicted octanol–water partition coefficient (Wildman–Crippen LogP) is 1.65. The van der Waals surface area contributed by atoms with E-state index in [9.17, 15) is 4.79 Å². The summed E-state index contributed by atoms with van der Waals surface area (Å²) in [7, 11) is 1.79. The first-order valence-corrected chi connectivity index (χ1v) is 5.69. The lowest BCUT2D eigenvalue weighted by atomic mass is 10.2. The summed E-state index contributed by atoms with van der Waals surface area (Å²) in [6.07, 6.45) is 5.56. The van der Waals surface area contributed by atoms with Crippen molar-refractivity contribution < 1.29 is 4.79 Å². The Hall–Kier alpha value is -1.58. The molecule has 16 heavy (non-hydrogen) atoms. The number of anilines is 1. The van der Waals surface area contributed by atoms with Crippen LogP contribution in [0.15, 0.2) is 18.5 Å². The van der Waals surface area contributed by atoms with Crippen molar-refractivity contribution in [3.8, 4) is 0 Å². The molecule has 0 aliphatic heterocycles. The fourth-order valence-electron chi connectivity index (χ4n) is 1.91. The summed E-state index contributed by atoms with van der Waals surface area (Å²) in [5.74, 6) is 0.663. The molecule has 2 rings (SSSR count). The lowest BCUT2D eigenvalue weighted by molar-refractivity contribution is 0.0949. The van der Waals surface area contributed by atoms with E-state index in [4.69, 9.17) is 0 Å².